The third-order valence-corrected chi connectivity index (χ3v) is 4.92. The van der Waals surface area contributed by atoms with Gasteiger partial charge in [0.2, 0.25) is 0 Å². The van der Waals surface area contributed by atoms with Crippen molar-refractivity contribution in [2.24, 2.45) is 5.92 Å². The lowest BCUT2D eigenvalue weighted by Crippen LogP contribution is -2.43. The summed E-state index contributed by atoms with van der Waals surface area (Å²) >= 11 is 0. The minimum atomic E-state index is -0.462. The van der Waals surface area contributed by atoms with Crippen LogP contribution in [0.15, 0.2) is 30.3 Å². The molecule has 4 bridgehead atoms. The number of piperidine rings is 1. The normalized spacial score (nSPS) is 46.3. The maximum absolute atomic E-state index is 12.1. The van der Waals surface area contributed by atoms with Crippen LogP contribution in [0.5, 0.6) is 0 Å². The summed E-state index contributed by atoms with van der Waals surface area (Å²) < 4.78 is 5.76. The fourth-order valence-electron chi connectivity index (χ4n) is 3.98. The number of carbonyl (C=O) groups excluding carboxylic acids is 1. The summed E-state index contributed by atoms with van der Waals surface area (Å²) in [6.45, 7) is 3.02. The van der Waals surface area contributed by atoms with E-state index < -0.39 is 5.72 Å². The second-order valence-electron chi connectivity index (χ2n) is 5.53. The first-order valence-corrected chi connectivity index (χ1v) is 6.25. The van der Waals surface area contributed by atoms with Gasteiger partial charge >= 0.3 is 5.97 Å². The molecule has 4 rings (SSSR count). The molecule has 3 fully saturated rings. The number of carbonyl (C=O) groups is 1. The molecule has 3 aliphatic heterocycles. The zero-order chi connectivity index (χ0) is 11.7. The van der Waals surface area contributed by atoms with E-state index in [0.29, 0.717) is 5.92 Å². The van der Waals surface area contributed by atoms with Crippen molar-refractivity contribution >= 4 is 5.97 Å². The number of rotatable bonds is 1. The molecule has 0 saturated carbocycles. The molecule has 17 heavy (non-hydrogen) atoms. The summed E-state index contributed by atoms with van der Waals surface area (Å²) in [6.07, 6.45) is 2.08. The van der Waals surface area contributed by atoms with Crippen LogP contribution in [0.1, 0.15) is 25.3 Å². The number of benzene rings is 1. The molecule has 0 N–H and O–H groups in total. The van der Waals surface area contributed by atoms with Crippen LogP contribution in [0.2, 0.25) is 0 Å². The van der Waals surface area contributed by atoms with Crippen molar-refractivity contribution in [1.29, 1.82) is 0 Å². The fourth-order valence-corrected chi connectivity index (χ4v) is 3.98. The van der Waals surface area contributed by atoms with Gasteiger partial charge in [-0.05, 0) is 19.3 Å². The Morgan fingerprint density at radius 2 is 2.12 bits per heavy atom. The average Bonchev–Trinajstić information content (AvgIpc) is 2.89. The van der Waals surface area contributed by atoms with Crippen LogP contribution in [0.4, 0.5) is 0 Å². The van der Waals surface area contributed by atoms with Gasteiger partial charge in [0.05, 0.1) is 0 Å². The van der Waals surface area contributed by atoms with Gasteiger partial charge in [-0.15, -0.1) is 0 Å². The van der Waals surface area contributed by atoms with E-state index in [0.717, 1.165) is 24.9 Å². The van der Waals surface area contributed by atoms with E-state index in [1.54, 1.807) is 0 Å². The Labute approximate surface area is 100 Å². The molecule has 0 amide bonds. The Kier molecular flexibility index (Phi) is 1.55. The van der Waals surface area contributed by atoms with Crippen LogP contribution in [-0.2, 0) is 15.3 Å². The molecule has 3 heteroatoms. The number of ether oxygens (including phenoxy) is 1. The lowest BCUT2D eigenvalue weighted by Gasteiger charge is -2.35. The first-order valence-electron chi connectivity index (χ1n) is 6.25. The lowest BCUT2D eigenvalue weighted by molar-refractivity contribution is -0.166. The summed E-state index contributed by atoms with van der Waals surface area (Å²) in [4.78, 5) is 14.4. The highest BCUT2D eigenvalue weighted by molar-refractivity contribution is 5.85. The van der Waals surface area contributed by atoms with Crippen LogP contribution in [0.3, 0.4) is 0 Å². The second-order valence-corrected chi connectivity index (χ2v) is 5.53. The minimum absolute atomic E-state index is 0.0323. The molecule has 0 radical (unpaired) electrons. The van der Waals surface area contributed by atoms with E-state index in [9.17, 15) is 4.79 Å². The van der Waals surface area contributed by atoms with Crippen molar-refractivity contribution in [1.82, 2.24) is 4.90 Å². The van der Waals surface area contributed by atoms with Crippen LogP contribution in [0, 0.1) is 5.92 Å². The predicted molar refractivity (Wildman–Crippen MR) is 62.0 cm³/mol. The Bertz CT molecular complexity index is 500. The maximum Gasteiger partial charge on any atom is 0.328 e. The van der Waals surface area contributed by atoms with Crippen LogP contribution in [-0.4, -0.2) is 23.0 Å². The largest absolute Gasteiger partial charge is 0.438 e. The van der Waals surface area contributed by atoms with Crippen molar-refractivity contribution in [3.63, 3.8) is 0 Å². The number of esters is 1. The monoisotopic (exact) mass is 229 g/mol. The molecule has 3 nitrogen and oxygen atoms in total. The molecule has 1 aromatic carbocycles. The quantitative estimate of drug-likeness (QED) is 0.689. The lowest BCUT2D eigenvalue weighted by atomic mass is 9.83. The Hall–Kier alpha value is -1.35. The average molecular weight is 229 g/mol. The third kappa shape index (κ3) is 0.879. The van der Waals surface area contributed by atoms with Gasteiger partial charge < -0.3 is 4.74 Å². The number of nitrogens with zero attached hydrogens (tertiary/aromatic N) is 1. The molecule has 88 valence electrons. The summed E-state index contributed by atoms with van der Waals surface area (Å²) in [5.74, 6) is 0.430. The molecule has 0 aromatic heterocycles. The van der Waals surface area contributed by atoms with Gasteiger partial charge in [0.25, 0.3) is 0 Å². The van der Waals surface area contributed by atoms with Crippen molar-refractivity contribution in [2.45, 2.75) is 31.0 Å². The van der Waals surface area contributed by atoms with Crippen molar-refractivity contribution < 1.29 is 9.53 Å². The van der Waals surface area contributed by atoms with Crippen molar-refractivity contribution in [3.8, 4) is 0 Å². The molecule has 1 unspecified atom stereocenters. The summed E-state index contributed by atoms with van der Waals surface area (Å²) in [6, 6.07) is 10.2. The first-order chi connectivity index (χ1) is 8.18. The number of hydrogen-bond donors (Lipinski definition) is 0. The molecular weight excluding hydrogens is 214 g/mol. The van der Waals surface area contributed by atoms with Gasteiger partial charge in [0.15, 0.2) is 5.72 Å². The Balaban J connectivity index is 1.90. The zero-order valence-electron chi connectivity index (χ0n) is 9.85. The van der Waals surface area contributed by atoms with Gasteiger partial charge in [-0.3, -0.25) is 0 Å². The number of hydrogen-bond acceptors (Lipinski definition) is 3. The van der Waals surface area contributed by atoms with Gasteiger partial charge in [0, 0.05) is 18.5 Å². The van der Waals surface area contributed by atoms with E-state index >= 15 is 0 Å². The van der Waals surface area contributed by atoms with Gasteiger partial charge in [0.1, 0.15) is 5.54 Å². The highest BCUT2D eigenvalue weighted by atomic mass is 16.6. The van der Waals surface area contributed by atoms with E-state index in [4.69, 9.17) is 4.74 Å². The summed E-state index contributed by atoms with van der Waals surface area (Å²) in [5, 5.41) is 0. The molecule has 0 spiro atoms. The zero-order valence-corrected chi connectivity index (χ0v) is 9.85. The molecular formula is C14H15NO2. The topological polar surface area (TPSA) is 29.5 Å². The third-order valence-electron chi connectivity index (χ3n) is 4.92. The van der Waals surface area contributed by atoms with Crippen LogP contribution >= 0.6 is 0 Å². The Morgan fingerprint density at radius 3 is 2.82 bits per heavy atom. The molecule has 1 aromatic rings. The highest BCUT2D eigenvalue weighted by Crippen LogP contribution is 2.62. The minimum Gasteiger partial charge on any atom is -0.438 e. The second kappa shape index (κ2) is 2.72. The van der Waals surface area contributed by atoms with Crippen molar-refractivity contribution in [3.05, 3.63) is 35.9 Å². The molecule has 3 heterocycles. The van der Waals surface area contributed by atoms with Crippen LogP contribution in [0.25, 0.3) is 0 Å². The van der Waals surface area contributed by atoms with Gasteiger partial charge in [-0.1, -0.05) is 30.3 Å². The smallest absolute Gasteiger partial charge is 0.328 e. The van der Waals surface area contributed by atoms with Crippen LogP contribution < -0.4 is 0 Å². The van der Waals surface area contributed by atoms with Gasteiger partial charge in [-0.2, -0.15) is 0 Å². The molecule has 4 atom stereocenters. The molecule has 3 aliphatic rings. The molecule has 3 saturated heterocycles. The predicted octanol–water partition coefficient (Wildman–Crippen LogP) is 1.88. The van der Waals surface area contributed by atoms with E-state index in [-0.39, 0.29) is 11.5 Å². The first kappa shape index (κ1) is 9.66. The van der Waals surface area contributed by atoms with Gasteiger partial charge in [-0.25, -0.2) is 9.69 Å². The molecule has 0 aliphatic carbocycles. The standard InChI is InChI=1S/C14H15NO2/c1-13-11-7-8-15(13)14(9-11,17-12(13)16)10-5-3-2-4-6-10/h2-6,11H,7-9H2,1H3/t11-,13-,14+/m1/s1. The Morgan fingerprint density at radius 1 is 1.35 bits per heavy atom. The summed E-state index contributed by atoms with van der Waals surface area (Å²) in [5.41, 5.74) is 0.297. The fraction of sp³-hybridized carbons (Fsp3) is 0.500. The van der Waals surface area contributed by atoms with E-state index in [2.05, 4.69) is 17.0 Å². The van der Waals surface area contributed by atoms with E-state index in [1.807, 2.05) is 25.1 Å². The highest BCUT2D eigenvalue weighted by Gasteiger charge is 2.73. The summed E-state index contributed by atoms with van der Waals surface area (Å²) in [7, 11) is 0. The van der Waals surface area contributed by atoms with Crippen molar-refractivity contribution in [2.75, 3.05) is 6.54 Å². The maximum atomic E-state index is 12.1. The SMILES string of the molecule is C[C@]12C(=O)O[C@]3(c4ccccc4)C[C@H]1CCN32. The van der Waals surface area contributed by atoms with E-state index in [1.165, 1.54) is 0 Å².